The number of esters is 1. The van der Waals surface area contributed by atoms with Crippen LogP contribution in [-0.2, 0) is 16.1 Å². The Kier molecular flexibility index (Phi) is 8.82. The van der Waals surface area contributed by atoms with Gasteiger partial charge < -0.3 is 19.7 Å². The molecule has 2 heterocycles. The molecule has 7 nitrogen and oxygen atoms in total. The number of likely N-dealkylation sites (tertiary alicyclic amines) is 1. The lowest BCUT2D eigenvalue weighted by atomic mass is 9.99. The van der Waals surface area contributed by atoms with Gasteiger partial charge in [-0.2, -0.15) is 0 Å². The molecule has 30 heavy (non-hydrogen) atoms. The van der Waals surface area contributed by atoms with E-state index in [1.807, 2.05) is 24.0 Å². The van der Waals surface area contributed by atoms with Crippen LogP contribution in [0.2, 0.25) is 0 Å². The molecule has 1 N–H and O–H groups in total. The molecule has 0 saturated carbocycles. The fourth-order valence-electron chi connectivity index (χ4n) is 3.40. The molecule has 162 valence electrons. The number of carbonyl (C=O) groups is 1. The topological polar surface area (TPSA) is 76.1 Å². The Morgan fingerprint density at radius 1 is 1.33 bits per heavy atom. The highest BCUT2D eigenvalue weighted by Gasteiger charge is 2.36. The molecule has 3 rings (SSSR count). The van der Waals surface area contributed by atoms with Gasteiger partial charge in [0.2, 0.25) is 5.88 Å². The van der Waals surface area contributed by atoms with Crippen LogP contribution in [0.5, 0.6) is 11.6 Å². The fourth-order valence-corrected chi connectivity index (χ4v) is 3.40. The van der Waals surface area contributed by atoms with E-state index in [-0.39, 0.29) is 47.6 Å². The molecule has 2 atom stereocenters. The number of rotatable bonds is 5. The lowest BCUT2D eigenvalue weighted by molar-refractivity contribution is -0.145. The zero-order valence-corrected chi connectivity index (χ0v) is 19.5. The third-order valence-corrected chi connectivity index (χ3v) is 4.93. The molecule has 1 aromatic carbocycles. The molecule has 0 radical (unpaired) electrons. The summed E-state index contributed by atoms with van der Waals surface area (Å²) in [7, 11) is 3.11. The summed E-state index contributed by atoms with van der Waals surface area (Å²) in [4.78, 5) is 22.6. The third-order valence-electron chi connectivity index (χ3n) is 4.93. The van der Waals surface area contributed by atoms with Gasteiger partial charge in [0, 0.05) is 44.5 Å². The van der Waals surface area contributed by atoms with Crippen LogP contribution < -0.4 is 10.1 Å². The normalized spacial score (nSPS) is 18.5. The van der Waals surface area contributed by atoms with Crippen molar-refractivity contribution >= 4 is 35.9 Å². The molecule has 0 amide bonds. The predicted octanol–water partition coefficient (Wildman–Crippen LogP) is 3.45. The Bertz CT molecular complexity index is 896. The third kappa shape index (κ3) is 5.80. The number of carbonyl (C=O) groups excluding carboxylic acids is 1. The van der Waals surface area contributed by atoms with Crippen molar-refractivity contribution in [2.75, 3.05) is 27.2 Å². The minimum Gasteiger partial charge on any atom is -0.469 e. The second-order valence-corrected chi connectivity index (χ2v) is 6.94. The Labute approximate surface area is 192 Å². The summed E-state index contributed by atoms with van der Waals surface area (Å²) in [6, 6.07) is 9.61. The molecular weight excluding hydrogens is 502 g/mol. The van der Waals surface area contributed by atoms with Crippen molar-refractivity contribution in [3.05, 3.63) is 54.0 Å². The number of hydrogen-bond donors (Lipinski definition) is 1. The molecule has 1 aliphatic heterocycles. The molecule has 2 unspecified atom stereocenters. The number of guanidine groups is 1. The maximum Gasteiger partial charge on any atom is 0.310 e. The van der Waals surface area contributed by atoms with E-state index in [0.29, 0.717) is 37.2 Å². The Morgan fingerprint density at radius 3 is 2.83 bits per heavy atom. The van der Waals surface area contributed by atoms with Gasteiger partial charge in [0.25, 0.3) is 0 Å². The van der Waals surface area contributed by atoms with Crippen LogP contribution in [0.3, 0.4) is 0 Å². The zero-order valence-electron chi connectivity index (χ0n) is 17.2. The smallest absolute Gasteiger partial charge is 0.310 e. The van der Waals surface area contributed by atoms with Crippen molar-refractivity contribution < 1.29 is 18.7 Å². The number of methoxy groups -OCH3 is 1. The van der Waals surface area contributed by atoms with Gasteiger partial charge in [-0.25, -0.2) is 9.37 Å². The highest BCUT2D eigenvalue weighted by Crippen LogP contribution is 2.25. The highest BCUT2D eigenvalue weighted by molar-refractivity contribution is 14.0. The van der Waals surface area contributed by atoms with E-state index in [9.17, 15) is 9.18 Å². The van der Waals surface area contributed by atoms with Crippen molar-refractivity contribution in [1.82, 2.24) is 15.2 Å². The van der Waals surface area contributed by atoms with Gasteiger partial charge in [0.05, 0.1) is 13.0 Å². The van der Waals surface area contributed by atoms with Crippen LogP contribution in [0.4, 0.5) is 4.39 Å². The number of ether oxygens (including phenoxy) is 2. The maximum absolute atomic E-state index is 13.4. The molecule has 1 aromatic heterocycles. The summed E-state index contributed by atoms with van der Waals surface area (Å²) < 4.78 is 24.1. The lowest BCUT2D eigenvalue weighted by Gasteiger charge is -2.22. The van der Waals surface area contributed by atoms with E-state index in [4.69, 9.17) is 9.47 Å². The molecule has 0 bridgehead atoms. The second-order valence-electron chi connectivity index (χ2n) is 6.94. The molecule has 0 spiro atoms. The first-order valence-electron chi connectivity index (χ1n) is 9.42. The van der Waals surface area contributed by atoms with Gasteiger partial charge in [-0.15, -0.1) is 24.0 Å². The van der Waals surface area contributed by atoms with Crippen molar-refractivity contribution in [2.24, 2.45) is 16.8 Å². The van der Waals surface area contributed by atoms with E-state index in [1.165, 1.54) is 19.2 Å². The fraction of sp³-hybridized carbons (Fsp3) is 0.381. The van der Waals surface area contributed by atoms with Gasteiger partial charge >= 0.3 is 5.97 Å². The highest BCUT2D eigenvalue weighted by atomic mass is 127. The number of aromatic nitrogens is 1. The number of nitrogens with one attached hydrogen (secondary N) is 1. The van der Waals surface area contributed by atoms with E-state index in [2.05, 4.69) is 15.3 Å². The second kappa shape index (κ2) is 11.1. The van der Waals surface area contributed by atoms with Crippen LogP contribution in [0.1, 0.15) is 12.5 Å². The average Bonchev–Trinajstić information content (AvgIpc) is 3.10. The van der Waals surface area contributed by atoms with Crippen molar-refractivity contribution in [3.63, 3.8) is 0 Å². The molecule has 9 heteroatoms. The number of aliphatic imine (C=N–C) groups is 1. The number of pyridine rings is 1. The van der Waals surface area contributed by atoms with Crippen LogP contribution >= 0.6 is 24.0 Å². The van der Waals surface area contributed by atoms with Gasteiger partial charge in [0.15, 0.2) is 5.96 Å². The van der Waals surface area contributed by atoms with E-state index in [1.54, 1.807) is 25.4 Å². The van der Waals surface area contributed by atoms with Gasteiger partial charge in [-0.3, -0.25) is 9.79 Å². The Hall–Kier alpha value is -2.43. The van der Waals surface area contributed by atoms with E-state index >= 15 is 0 Å². The van der Waals surface area contributed by atoms with Gasteiger partial charge in [0.1, 0.15) is 11.6 Å². The first-order chi connectivity index (χ1) is 14.0. The lowest BCUT2D eigenvalue weighted by Crippen LogP contribution is -2.40. The first kappa shape index (κ1) is 23.8. The summed E-state index contributed by atoms with van der Waals surface area (Å²) in [5, 5.41) is 3.29. The molecule has 2 aromatic rings. The van der Waals surface area contributed by atoms with Gasteiger partial charge in [-0.05, 0) is 24.1 Å². The first-order valence-corrected chi connectivity index (χ1v) is 9.42. The van der Waals surface area contributed by atoms with Crippen molar-refractivity contribution in [2.45, 2.75) is 13.5 Å². The largest absolute Gasteiger partial charge is 0.469 e. The molecule has 1 saturated heterocycles. The molecule has 1 aliphatic rings. The van der Waals surface area contributed by atoms with Crippen molar-refractivity contribution in [1.29, 1.82) is 0 Å². The SMILES string of the molecule is CN=C(NCc1cccnc1Oc1cccc(F)c1)N1CC(C)C(C(=O)OC)C1.I. The van der Waals surface area contributed by atoms with Crippen LogP contribution in [0, 0.1) is 17.7 Å². The minimum atomic E-state index is -0.373. The van der Waals surface area contributed by atoms with Gasteiger partial charge in [-0.1, -0.05) is 19.1 Å². The van der Waals surface area contributed by atoms with E-state index in [0.717, 1.165) is 5.56 Å². The van der Waals surface area contributed by atoms with Crippen LogP contribution in [0.15, 0.2) is 47.6 Å². The monoisotopic (exact) mass is 528 g/mol. The van der Waals surface area contributed by atoms with Crippen LogP contribution in [0.25, 0.3) is 0 Å². The number of halogens is 2. The zero-order chi connectivity index (χ0) is 20.8. The quantitative estimate of drug-likeness (QED) is 0.278. The summed E-state index contributed by atoms with van der Waals surface area (Å²) in [5.74, 6) is 0.876. The summed E-state index contributed by atoms with van der Waals surface area (Å²) in [6.45, 7) is 3.70. The molecule has 1 fully saturated rings. The standard InChI is InChI=1S/C21H25FN4O3.HI/c1-14-12-26(13-18(14)20(27)28-3)21(23-2)25-11-15-6-5-9-24-19(15)29-17-8-4-7-16(22)10-17;/h4-10,14,18H,11-13H2,1-3H3,(H,23,25);1H. The number of hydrogen-bond acceptors (Lipinski definition) is 5. The number of nitrogens with zero attached hydrogens (tertiary/aromatic N) is 3. The Morgan fingerprint density at radius 2 is 2.13 bits per heavy atom. The predicted molar refractivity (Wildman–Crippen MR) is 123 cm³/mol. The summed E-state index contributed by atoms with van der Waals surface area (Å²) in [5.41, 5.74) is 0.801. The summed E-state index contributed by atoms with van der Waals surface area (Å²) >= 11 is 0. The summed E-state index contributed by atoms with van der Waals surface area (Å²) in [6.07, 6.45) is 1.62. The molecule has 0 aliphatic carbocycles. The van der Waals surface area contributed by atoms with Crippen LogP contribution in [-0.4, -0.2) is 49.1 Å². The number of benzene rings is 1. The maximum atomic E-state index is 13.4. The minimum absolute atomic E-state index is 0. The average molecular weight is 528 g/mol. The van der Waals surface area contributed by atoms with Crippen molar-refractivity contribution in [3.8, 4) is 11.6 Å². The Balaban J connectivity index is 0.00000320. The van der Waals surface area contributed by atoms with E-state index < -0.39 is 0 Å². The molecular formula is C21H26FIN4O3.